The summed E-state index contributed by atoms with van der Waals surface area (Å²) in [5.74, 6) is 0.947. The standard InChI is InChI=1S/C26H44O3/c1-19(2)14-12-10-9-11-13-15-29-23(27)18-20-16-21(25(3,4)5)24(28)22(17-20)26(6,7)8/h16-17,19,28H,9-15,18H2,1-8H3. The van der Waals surface area contributed by atoms with Crippen LogP contribution < -0.4 is 0 Å². The molecule has 0 saturated heterocycles. The van der Waals surface area contributed by atoms with Crippen LogP contribution in [0.3, 0.4) is 0 Å². The molecule has 3 nitrogen and oxygen atoms in total. The van der Waals surface area contributed by atoms with E-state index in [0.717, 1.165) is 35.4 Å². The predicted molar refractivity (Wildman–Crippen MR) is 123 cm³/mol. The lowest BCUT2D eigenvalue weighted by Gasteiger charge is -2.28. The normalized spacial score (nSPS) is 12.4. The van der Waals surface area contributed by atoms with Gasteiger partial charge in [0.05, 0.1) is 13.0 Å². The van der Waals surface area contributed by atoms with Crippen LogP contribution in [0.2, 0.25) is 0 Å². The molecule has 0 fully saturated rings. The van der Waals surface area contributed by atoms with Crippen molar-refractivity contribution >= 4 is 5.97 Å². The van der Waals surface area contributed by atoms with Crippen LogP contribution in [0.4, 0.5) is 0 Å². The molecule has 0 aliphatic rings. The zero-order valence-electron chi connectivity index (χ0n) is 20.2. The molecule has 1 aromatic rings. The monoisotopic (exact) mass is 404 g/mol. The number of carbonyl (C=O) groups is 1. The first-order chi connectivity index (χ1) is 13.3. The minimum absolute atomic E-state index is 0.185. The van der Waals surface area contributed by atoms with Crippen molar-refractivity contribution in [1.82, 2.24) is 0 Å². The molecular formula is C26H44O3. The van der Waals surface area contributed by atoms with E-state index in [4.69, 9.17) is 4.74 Å². The zero-order valence-corrected chi connectivity index (χ0v) is 20.2. The van der Waals surface area contributed by atoms with Crippen molar-refractivity contribution in [1.29, 1.82) is 0 Å². The predicted octanol–water partition coefficient (Wildman–Crippen LogP) is 7.07. The summed E-state index contributed by atoms with van der Waals surface area (Å²) in [5, 5.41) is 10.8. The van der Waals surface area contributed by atoms with Crippen LogP contribution in [-0.2, 0) is 26.8 Å². The Labute approximate surface area is 179 Å². The Bertz CT molecular complexity index is 610. The van der Waals surface area contributed by atoms with Crippen molar-refractivity contribution in [2.24, 2.45) is 5.92 Å². The van der Waals surface area contributed by atoms with Crippen LogP contribution in [0, 0.1) is 5.92 Å². The lowest BCUT2D eigenvalue weighted by molar-refractivity contribution is -0.142. The van der Waals surface area contributed by atoms with Gasteiger partial charge in [-0.15, -0.1) is 0 Å². The number of carbonyl (C=O) groups excluding carboxylic acids is 1. The van der Waals surface area contributed by atoms with Gasteiger partial charge in [-0.1, -0.05) is 99.6 Å². The maximum atomic E-state index is 12.3. The Balaban J connectivity index is 2.61. The highest BCUT2D eigenvalue weighted by Gasteiger charge is 2.27. The van der Waals surface area contributed by atoms with Gasteiger partial charge in [0.15, 0.2) is 0 Å². The Morgan fingerprint density at radius 2 is 1.38 bits per heavy atom. The molecule has 0 unspecified atom stereocenters. The Hall–Kier alpha value is -1.51. The Kier molecular flexibility index (Phi) is 9.71. The topological polar surface area (TPSA) is 46.5 Å². The summed E-state index contributed by atoms with van der Waals surface area (Å²) in [7, 11) is 0. The second kappa shape index (κ2) is 11.0. The minimum Gasteiger partial charge on any atom is -0.507 e. The van der Waals surface area contributed by atoms with E-state index in [2.05, 4.69) is 55.4 Å². The number of aromatic hydroxyl groups is 1. The third-order valence-corrected chi connectivity index (χ3v) is 5.32. The number of ether oxygens (including phenoxy) is 1. The molecule has 166 valence electrons. The summed E-state index contributed by atoms with van der Waals surface area (Å²) in [5.41, 5.74) is 2.29. The number of benzene rings is 1. The van der Waals surface area contributed by atoms with Crippen molar-refractivity contribution in [3.63, 3.8) is 0 Å². The molecule has 0 spiro atoms. The number of esters is 1. The second-order valence-electron chi connectivity index (χ2n) is 10.9. The van der Waals surface area contributed by atoms with E-state index < -0.39 is 0 Å². The highest BCUT2D eigenvalue weighted by atomic mass is 16.5. The maximum absolute atomic E-state index is 12.3. The van der Waals surface area contributed by atoms with Gasteiger partial charge in [0.1, 0.15) is 5.75 Å². The molecule has 0 radical (unpaired) electrons. The van der Waals surface area contributed by atoms with E-state index in [1.165, 1.54) is 25.7 Å². The lowest BCUT2D eigenvalue weighted by atomic mass is 9.78. The smallest absolute Gasteiger partial charge is 0.310 e. The van der Waals surface area contributed by atoms with E-state index >= 15 is 0 Å². The Morgan fingerprint density at radius 3 is 1.86 bits per heavy atom. The molecule has 1 rings (SSSR count). The molecule has 0 saturated carbocycles. The quantitative estimate of drug-likeness (QED) is 0.335. The number of rotatable bonds is 10. The first-order valence-corrected chi connectivity index (χ1v) is 11.3. The van der Waals surface area contributed by atoms with Crippen LogP contribution in [0.15, 0.2) is 12.1 Å². The van der Waals surface area contributed by atoms with Crippen LogP contribution in [0.25, 0.3) is 0 Å². The maximum Gasteiger partial charge on any atom is 0.310 e. The molecule has 3 heteroatoms. The fourth-order valence-corrected chi connectivity index (χ4v) is 3.53. The van der Waals surface area contributed by atoms with Gasteiger partial charge in [0, 0.05) is 0 Å². The highest BCUT2D eigenvalue weighted by Crippen LogP contribution is 2.39. The van der Waals surface area contributed by atoms with Crippen LogP contribution >= 0.6 is 0 Å². The van der Waals surface area contributed by atoms with E-state index in [-0.39, 0.29) is 23.2 Å². The van der Waals surface area contributed by atoms with Gasteiger partial charge in [-0.05, 0) is 39.9 Å². The Morgan fingerprint density at radius 1 is 0.897 bits per heavy atom. The fourth-order valence-electron chi connectivity index (χ4n) is 3.53. The molecule has 29 heavy (non-hydrogen) atoms. The van der Waals surface area contributed by atoms with Gasteiger partial charge in [-0.3, -0.25) is 4.79 Å². The summed E-state index contributed by atoms with van der Waals surface area (Å²) in [6.45, 7) is 17.5. The van der Waals surface area contributed by atoms with Crippen LogP contribution in [-0.4, -0.2) is 17.7 Å². The summed E-state index contributed by atoms with van der Waals surface area (Å²) in [6.07, 6.45) is 7.38. The van der Waals surface area contributed by atoms with E-state index in [0.29, 0.717) is 12.4 Å². The average Bonchev–Trinajstić information content (AvgIpc) is 2.56. The highest BCUT2D eigenvalue weighted by molar-refractivity contribution is 5.73. The number of phenolic OH excluding ortho intramolecular Hbond substituents is 1. The number of phenols is 1. The summed E-state index contributed by atoms with van der Waals surface area (Å²) < 4.78 is 5.47. The molecule has 0 heterocycles. The number of hydrogen-bond acceptors (Lipinski definition) is 3. The summed E-state index contributed by atoms with van der Waals surface area (Å²) in [6, 6.07) is 3.92. The van der Waals surface area contributed by atoms with Gasteiger partial charge < -0.3 is 9.84 Å². The van der Waals surface area contributed by atoms with Crippen LogP contribution in [0.5, 0.6) is 5.75 Å². The van der Waals surface area contributed by atoms with Crippen LogP contribution in [0.1, 0.15) is 111 Å². The molecule has 0 aliphatic heterocycles. The molecule has 0 bridgehead atoms. The molecule has 0 aromatic heterocycles. The second-order valence-corrected chi connectivity index (χ2v) is 10.9. The summed E-state index contributed by atoms with van der Waals surface area (Å²) in [4.78, 5) is 12.3. The van der Waals surface area contributed by atoms with E-state index in [1.807, 2.05) is 12.1 Å². The van der Waals surface area contributed by atoms with Gasteiger partial charge >= 0.3 is 5.97 Å². The van der Waals surface area contributed by atoms with Gasteiger partial charge in [-0.25, -0.2) is 0 Å². The first kappa shape index (κ1) is 25.5. The number of unbranched alkanes of at least 4 members (excludes halogenated alkanes) is 4. The van der Waals surface area contributed by atoms with Crippen molar-refractivity contribution in [3.8, 4) is 5.75 Å². The van der Waals surface area contributed by atoms with Crippen molar-refractivity contribution in [2.45, 2.75) is 111 Å². The third-order valence-electron chi connectivity index (χ3n) is 5.32. The molecule has 0 amide bonds. The van der Waals surface area contributed by atoms with E-state index in [1.54, 1.807) is 0 Å². The molecule has 1 aromatic carbocycles. The van der Waals surface area contributed by atoms with Gasteiger partial charge in [0.2, 0.25) is 0 Å². The van der Waals surface area contributed by atoms with Crippen molar-refractivity contribution in [3.05, 3.63) is 28.8 Å². The van der Waals surface area contributed by atoms with Gasteiger partial charge in [0.25, 0.3) is 0 Å². The van der Waals surface area contributed by atoms with Crippen molar-refractivity contribution in [2.75, 3.05) is 6.61 Å². The molecule has 1 N–H and O–H groups in total. The fraction of sp³-hybridized carbons (Fsp3) is 0.731. The average molecular weight is 405 g/mol. The molecule has 0 aliphatic carbocycles. The summed E-state index contributed by atoms with van der Waals surface area (Å²) >= 11 is 0. The minimum atomic E-state index is -0.195. The largest absolute Gasteiger partial charge is 0.507 e. The van der Waals surface area contributed by atoms with Crippen molar-refractivity contribution < 1.29 is 14.6 Å². The zero-order chi connectivity index (χ0) is 22.2. The molecule has 0 atom stereocenters. The lowest BCUT2D eigenvalue weighted by Crippen LogP contribution is -2.19. The molecular weight excluding hydrogens is 360 g/mol. The first-order valence-electron chi connectivity index (χ1n) is 11.3. The van der Waals surface area contributed by atoms with E-state index in [9.17, 15) is 9.90 Å². The van der Waals surface area contributed by atoms with Gasteiger partial charge in [-0.2, -0.15) is 0 Å². The number of hydrogen-bond donors (Lipinski definition) is 1. The third kappa shape index (κ3) is 9.23. The SMILES string of the molecule is CC(C)CCCCCCCOC(=O)Cc1cc(C(C)(C)C)c(O)c(C(C)(C)C)c1.